The summed E-state index contributed by atoms with van der Waals surface area (Å²) < 4.78 is 15.1. The second-order valence-corrected chi connectivity index (χ2v) is 9.29. The zero-order valence-electron chi connectivity index (χ0n) is 19.2. The fourth-order valence-corrected chi connectivity index (χ4v) is 5.12. The van der Waals surface area contributed by atoms with E-state index < -0.39 is 11.9 Å². The van der Waals surface area contributed by atoms with Gasteiger partial charge in [0.25, 0.3) is 5.56 Å². The Morgan fingerprint density at radius 2 is 1.71 bits per heavy atom. The molecule has 0 spiro atoms. The first-order valence-corrected chi connectivity index (χ1v) is 11.8. The number of rotatable bonds is 5. The number of pyridine rings is 1. The summed E-state index contributed by atoms with van der Waals surface area (Å²) in [6, 6.07) is 19.2. The normalized spacial score (nSPS) is 19.4. The fourth-order valence-electron chi connectivity index (χ4n) is 5.12. The van der Waals surface area contributed by atoms with Crippen molar-refractivity contribution in [3.8, 4) is 0 Å². The highest BCUT2D eigenvalue weighted by Gasteiger charge is 2.37. The van der Waals surface area contributed by atoms with Crippen LogP contribution in [0.1, 0.15) is 23.6 Å². The molecule has 7 nitrogen and oxygen atoms in total. The van der Waals surface area contributed by atoms with Crippen molar-refractivity contribution in [3.63, 3.8) is 0 Å². The lowest BCUT2D eigenvalue weighted by atomic mass is 9.83. The highest BCUT2D eigenvalue weighted by Crippen LogP contribution is 2.34. The van der Waals surface area contributed by atoms with Crippen LogP contribution < -0.4 is 16.2 Å². The largest absolute Gasteiger partial charge is 0.326 e. The van der Waals surface area contributed by atoms with Crippen molar-refractivity contribution in [2.75, 3.05) is 18.4 Å². The molecule has 3 heterocycles. The summed E-state index contributed by atoms with van der Waals surface area (Å²) >= 11 is 0. The van der Waals surface area contributed by atoms with E-state index in [1.807, 2.05) is 41.0 Å². The van der Waals surface area contributed by atoms with Crippen LogP contribution in [-0.2, 0) is 17.8 Å². The van der Waals surface area contributed by atoms with Crippen LogP contribution in [0.4, 0.5) is 14.9 Å². The Balaban J connectivity index is 1.32. The molecule has 0 radical (unpaired) electrons. The monoisotopic (exact) mass is 474 g/mol. The zero-order chi connectivity index (χ0) is 24.4. The predicted molar refractivity (Wildman–Crippen MR) is 131 cm³/mol. The Labute approximate surface area is 202 Å². The van der Waals surface area contributed by atoms with Crippen molar-refractivity contribution < 1.29 is 14.0 Å². The summed E-state index contributed by atoms with van der Waals surface area (Å²) in [5.41, 5.74) is 2.32. The van der Waals surface area contributed by atoms with Gasteiger partial charge >= 0.3 is 6.03 Å². The van der Waals surface area contributed by atoms with E-state index in [0.717, 1.165) is 17.7 Å². The second-order valence-electron chi connectivity index (χ2n) is 9.29. The molecule has 0 saturated carbocycles. The first kappa shape index (κ1) is 22.8. The van der Waals surface area contributed by atoms with Gasteiger partial charge in [-0.2, -0.15) is 0 Å². The summed E-state index contributed by atoms with van der Waals surface area (Å²) in [5, 5.41) is 5.70. The SMILES string of the molecule is O=C(Nc1ccc(F)cc1)[C@H](Cc1ccccc1)NC(=O)N1CC2CC(C1)c1cccc(=O)n1C2. The molecular formula is C27H27FN4O3. The fraction of sp³-hybridized carbons (Fsp3) is 0.296. The van der Waals surface area contributed by atoms with Crippen LogP contribution in [0.3, 0.4) is 0 Å². The molecule has 2 unspecified atom stereocenters. The quantitative estimate of drug-likeness (QED) is 0.595. The maximum Gasteiger partial charge on any atom is 0.318 e. The van der Waals surface area contributed by atoms with E-state index in [1.165, 1.54) is 24.3 Å². The number of urea groups is 1. The summed E-state index contributed by atoms with van der Waals surface area (Å²) in [6.45, 7) is 1.61. The van der Waals surface area contributed by atoms with Gasteiger partial charge in [0.2, 0.25) is 5.91 Å². The lowest BCUT2D eigenvalue weighted by Gasteiger charge is -2.43. The van der Waals surface area contributed by atoms with E-state index in [9.17, 15) is 18.8 Å². The number of amides is 3. The molecule has 2 bridgehead atoms. The Morgan fingerprint density at radius 1 is 0.943 bits per heavy atom. The first-order chi connectivity index (χ1) is 17.0. The number of fused-ring (bicyclic) bond motifs is 4. The lowest BCUT2D eigenvalue weighted by Crippen LogP contribution is -2.55. The van der Waals surface area contributed by atoms with Crippen molar-refractivity contribution in [3.05, 3.63) is 100 Å². The topological polar surface area (TPSA) is 83.4 Å². The third kappa shape index (κ3) is 5.11. The van der Waals surface area contributed by atoms with Gasteiger partial charge in [0.15, 0.2) is 0 Å². The van der Waals surface area contributed by atoms with Crippen LogP contribution >= 0.6 is 0 Å². The molecule has 1 aromatic heterocycles. The van der Waals surface area contributed by atoms with Gasteiger partial charge in [-0.3, -0.25) is 9.59 Å². The number of aromatic nitrogens is 1. The Kier molecular flexibility index (Phi) is 6.35. The molecule has 2 aliphatic heterocycles. The molecule has 3 atom stereocenters. The lowest BCUT2D eigenvalue weighted by molar-refractivity contribution is -0.118. The smallest absolute Gasteiger partial charge is 0.318 e. The number of likely N-dealkylation sites (tertiary alicyclic amines) is 1. The van der Waals surface area contributed by atoms with Crippen molar-refractivity contribution in [1.29, 1.82) is 0 Å². The van der Waals surface area contributed by atoms with Crippen molar-refractivity contribution in [2.45, 2.75) is 31.3 Å². The molecule has 5 rings (SSSR count). The van der Waals surface area contributed by atoms with Gasteiger partial charge in [0, 0.05) is 49.4 Å². The van der Waals surface area contributed by atoms with Gasteiger partial charge in [0.05, 0.1) is 0 Å². The summed E-state index contributed by atoms with van der Waals surface area (Å²) in [7, 11) is 0. The van der Waals surface area contributed by atoms with Crippen LogP contribution in [0.5, 0.6) is 0 Å². The van der Waals surface area contributed by atoms with Gasteiger partial charge in [-0.15, -0.1) is 0 Å². The molecule has 1 fully saturated rings. The van der Waals surface area contributed by atoms with E-state index in [4.69, 9.17) is 0 Å². The number of carbonyl (C=O) groups is 2. The predicted octanol–water partition coefficient (Wildman–Crippen LogP) is 3.37. The van der Waals surface area contributed by atoms with Gasteiger partial charge in [-0.05, 0) is 48.2 Å². The minimum atomic E-state index is -0.813. The van der Waals surface area contributed by atoms with Crippen LogP contribution in [0.15, 0.2) is 77.6 Å². The summed E-state index contributed by atoms with van der Waals surface area (Å²) in [4.78, 5) is 40.5. The van der Waals surface area contributed by atoms with Crippen molar-refractivity contribution in [1.82, 2.24) is 14.8 Å². The number of piperidine rings is 1. The van der Waals surface area contributed by atoms with E-state index in [2.05, 4.69) is 10.6 Å². The molecular weight excluding hydrogens is 447 g/mol. The molecule has 0 aliphatic carbocycles. The average molecular weight is 475 g/mol. The Hall–Kier alpha value is -3.94. The molecule has 2 N–H and O–H groups in total. The molecule has 1 saturated heterocycles. The third-order valence-corrected chi connectivity index (χ3v) is 6.78. The van der Waals surface area contributed by atoms with Crippen molar-refractivity contribution in [2.24, 2.45) is 5.92 Å². The average Bonchev–Trinajstić information content (AvgIpc) is 2.86. The number of halogens is 1. The van der Waals surface area contributed by atoms with Gasteiger partial charge in [-0.1, -0.05) is 36.4 Å². The van der Waals surface area contributed by atoms with E-state index in [0.29, 0.717) is 31.7 Å². The van der Waals surface area contributed by atoms with Crippen LogP contribution in [-0.4, -0.2) is 40.5 Å². The minimum absolute atomic E-state index is 0.00418. The molecule has 3 aromatic rings. The summed E-state index contributed by atoms with van der Waals surface area (Å²) in [6.07, 6.45) is 1.25. The number of carbonyl (C=O) groups excluding carboxylic acids is 2. The van der Waals surface area contributed by atoms with Gasteiger partial charge < -0.3 is 20.1 Å². The molecule has 8 heteroatoms. The highest BCUT2D eigenvalue weighted by atomic mass is 19.1. The number of hydrogen-bond donors (Lipinski definition) is 2. The van der Waals surface area contributed by atoms with Gasteiger partial charge in [-0.25, -0.2) is 9.18 Å². The molecule has 2 aliphatic rings. The van der Waals surface area contributed by atoms with Crippen LogP contribution in [0.25, 0.3) is 0 Å². The molecule has 3 amide bonds. The summed E-state index contributed by atoms with van der Waals surface area (Å²) in [5.74, 6) is -0.491. The van der Waals surface area contributed by atoms with Crippen LogP contribution in [0.2, 0.25) is 0 Å². The zero-order valence-corrected chi connectivity index (χ0v) is 19.2. The third-order valence-electron chi connectivity index (χ3n) is 6.78. The van der Waals surface area contributed by atoms with E-state index >= 15 is 0 Å². The molecule has 35 heavy (non-hydrogen) atoms. The second kappa shape index (κ2) is 9.74. The number of nitrogens with zero attached hydrogens (tertiary/aromatic N) is 2. The number of hydrogen-bond acceptors (Lipinski definition) is 3. The standard InChI is InChI=1S/C27H27FN4O3/c28-21-9-11-22(12-10-21)29-26(34)23(14-18-5-2-1-3-6-18)30-27(35)31-15-19-13-20(17-31)24-7-4-8-25(33)32(24)16-19/h1-12,19-20,23H,13-17H2,(H,29,34)(H,30,35)/t19?,20?,23-/m0/s1. The Bertz CT molecular complexity index is 1280. The molecule has 2 aromatic carbocycles. The van der Waals surface area contributed by atoms with Crippen molar-refractivity contribution >= 4 is 17.6 Å². The van der Waals surface area contributed by atoms with E-state index in [1.54, 1.807) is 17.0 Å². The number of benzene rings is 2. The first-order valence-electron chi connectivity index (χ1n) is 11.8. The maximum absolute atomic E-state index is 13.3. The Morgan fingerprint density at radius 3 is 2.49 bits per heavy atom. The molecule has 180 valence electrons. The maximum atomic E-state index is 13.3. The number of anilines is 1. The van der Waals surface area contributed by atoms with E-state index in [-0.39, 0.29) is 29.3 Å². The van der Waals surface area contributed by atoms with Gasteiger partial charge in [0.1, 0.15) is 11.9 Å². The van der Waals surface area contributed by atoms with Crippen LogP contribution in [0, 0.1) is 11.7 Å². The number of nitrogens with one attached hydrogen (secondary N) is 2. The highest BCUT2D eigenvalue weighted by molar-refractivity contribution is 5.97. The minimum Gasteiger partial charge on any atom is -0.326 e.